The molecule has 2 aliphatic carbocycles. The summed E-state index contributed by atoms with van der Waals surface area (Å²) in [6.45, 7) is 0. The van der Waals surface area contributed by atoms with E-state index in [1.807, 2.05) is 24.3 Å². The van der Waals surface area contributed by atoms with E-state index in [0.29, 0.717) is 0 Å². The number of hydrogen-bond donors (Lipinski definition) is 1. The average molecular weight is 336 g/mol. The fraction of sp³-hybridized carbons (Fsp3) is 0.588. The number of carbonyl (C=O) groups is 1. The van der Waals surface area contributed by atoms with Crippen LogP contribution in [0.1, 0.15) is 44.9 Å². The minimum absolute atomic E-state index is 0.219. The number of carbonyl (C=O) groups excluding carboxylic acids is 1. The molecular formula is C17H22BrNO. The molecule has 0 spiro atoms. The molecule has 1 aromatic carbocycles. The molecule has 108 valence electrons. The fourth-order valence-corrected chi connectivity index (χ4v) is 4.15. The molecule has 2 saturated carbocycles. The molecule has 1 amide bonds. The fourth-order valence-electron chi connectivity index (χ4n) is 3.89. The standard InChI is InChI=1S/C17H22BrNO/c18-15-7-9-16(10-8-15)19-17(20)14-6-5-12-3-1-2-4-13(12)11-14/h7-10,12-14H,1-6,11H2,(H,19,20). The second kappa shape index (κ2) is 6.30. The van der Waals surface area contributed by atoms with Crippen molar-refractivity contribution in [1.82, 2.24) is 0 Å². The van der Waals surface area contributed by atoms with Crippen molar-refractivity contribution in [3.63, 3.8) is 0 Å². The molecule has 3 heteroatoms. The van der Waals surface area contributed by atoms with Crippen molar-refractivity contribution in [2.24, 2.45) is 17.8 Å². The van der Waals surface area contributed by atoms with Gasteiger partial charge in [0.25, 0.3) is 0 Å². The number of nitrogens with one attached hydrogen (secondary N) is 1. The Kier molecular flexibility index (Phi) is 4.45. The van der Waals surface area contributed by atoms with Gasteiger partial charge in [0.2, 0.25) is 5.91 Å². The van der Waals surface area contributed by atoms with E-state index in [4.69, 9.17) is 0 Å². The number of rotatable bonds is 2. The minimum Gasteiger partial charge on any atom is -0.326 e. The largest absolute Gasteiger partial charge is 0.326 e. The van der Waals surface area contributed by atoms with Gasteiger partial charge in [-0.05, 0) is 55.4 Å². The Bertz CT molecular complexity index is 470. The molecule has 20 heavy (non-hydrogen) atoms. The van der Waals surface area contributed by atoms with Gasteiger partial charge in [0, 0.05) is 16.1 Å². The van der Waals surface area contributed by atoms with E-state index in [2.05, 4.69) is 21.2 Å². The molecule has 3 atom stereocenters. The summed E-state index contributed by atoms with van der Waals surface area (Å²) in [5, 5.41) is 3.07. The van der Waals surface area contributed by atoms with Crippen LogP contribution >= 0.6 is 15.9 Å². The number of halogens is 1. The Morgan fingerprint density at radius 2 is 1.70 bits per heavy atom. The Morgan fingerprint density at radius 3 is 2.45 bits per heavy atom. The monoisotopic (exact) mass is 335 g/mol. The van der Waals surface area contributed by atoms with Gasteiger partial charge in [0.15, 0.2) is 0 Å². The molecule has 1 aromatic rings. The summed E-state index contributed by atoms with van der Waals surface area (Å²) in [5.41, 5.74) is 0.906. The van der Waals surface area contributed by atoms with Gasteiger partial charge < -0.3 is 5.32 Å². The summed E-state index contributed by atoms with van der Waals surface area (Å²) in [6.07, 6.45) is 8.93. The Morgan fingerprint density at radius 1 is 1.00 bits per heavy atom. The summed E-state index contributed by atoms with van der Waals surface area (Å²) in [7, 11) is 0. The zero-order valence-electron chi connectivity index (χ0n) is 11.8. The molecular weight excluding hydrogens is 314 g/mol. The van der Waals surface area contributed by atoms with Crippen LogP contribution < -0.4 is 5.32 Å². The van der Waals surface area contributed by atoms with Crippen molar-refractivity contribution in [1.29, 1.82) is 0 Å². The number of fused-ring (bicyclic) bond motifs is 1. The summed E-state index contributed by atoms with van der Waals surface area (Å²) < 4.78 is 1.04. The molecule has 2 nitrogen and oxygen atoms in total. The summed E-state index contributed by atoms with van der Waals surface area (Å²) in [5.74, 6) is 2.15. The summed E-state index contributed by atoms with van der Waals surface area (Å²) >= 11 is 3.41. The van der Waals surface area contributed by atoms with Crippen molar-refractivity contribution in [3.8, 4) is 0 Å². The molecule has 0 radical (unpaired) electrons. The highest BCUT2D eigenvalue weighted by molar-refractivity contribution is 9.10. The molecule has 1 N–H and O–H groups in total. The van der Waals surface area contributed by atoms with Gasteiger partial charge in [-0.2, -0.15) is 0 Å². The molecule has 0 heterocycles. The summed E-state index contributed by atoms with van der Waals surface area (Å²) in [6, 6.07) is 7.84. The highest BCUT2D eigenvalue weighted by Gasteiger charge is 2.34. The van der Waals surface area contributed by atoms with E-state index >= 15 is 0 Å². The number of hydrogen-bond acceptors (Lipinski definition) is 1. The zero-order chi connectivity index (χ0) is 13.9. The van der Waals surface area contributed by atoms with Gasteiger partial charge >= 0.3 is 0 Å². The normalized spacial score (nSPS) is 29.6. The van der Waals surface area contributed by atoms with Gasteiger partial charge in [-0.1, -0.05) is 41.6 Å². The SMILES string of the molecule is O=C(Nc1ccc(Br)cc1)C1CCC2CCCCC2C1. The van der Waals surface area contributed by atoms with Crippen molar-refractivity contribution in [3.05, 3.63) is 28.7 Å². The smallest absolute Gasteiger partial charge is 0.227 e. The second-order valence-electron chi connectivity index (χ2n) is 6.31. The van der Waals surface area contributed by atoms with Crippen molar-refractivity contribution in [2.45, 2.75) is 44.9 Å². The van der Waals surface area contributed by atoms with Crippen molar-refractivity contribution in [2.75, 3.05) is 5.32 Å². The van der Waals surface area contributed by atoms with Crippen molar-refractivity contribution < 1.29 is 4.79 Å². The van der Waals surface area contributed by atoms with Crippen LogP contribution in [0.25, 0.3) is 0 Å². The van der Waals surface area contributed by atoms with E-state index in [1.54, 1.807) is 0 Å². The molecule has 0 aliphatic heterocycles. The lowest BCUT2D eigenvalue weighted by Crippen LogP contribution is -2.33. The average Bonchev–Trinajstić information content (AvgIpc) is 2.49. The highest BCUT2D eigenvalue weighted by atomic mass is 79.9. The van der Waals surface area contributed by atoms with Gasteiger partial charge in [-0.25, -0.2) is 0 Å². The van der Waals surface area contributed by atoms with Gasteiger partial charge in [0.05, 0.1) is 0 Å². The third-order valence-electron chi connectivity index (χ3n) is 5.02. The number of amides is 1. The van der Waals surface area contributed by atoms with E-state index in [0.717, 1.165) is 34.8 Å². The van der Waals surface area contributed by atoms with E-state index < -0.39 is 0 Å². The van der Waals surface area contributed by atoms with Gasteiger partial charge in [0.1, 0.15) is 0 Å². The third kappa shape index (κ3) is 3.25. The first-order valence-electron chi connectivity index (χ1n) is 7.79. The van der Waals surface area contributed by atoms with E-state index in [9.17, 15) is 4.79 Å². The topological polar surface area (TPSA) is 29.1 Å². The van der Waals surface area contributed by atoms with Crippen LogP contribution in [0, 0.1) is 17.8 Å². The van der Waals surface area contributed by atoms with Crippen LogP contribution in [0.15, 0.2) is 28.7 Å². The van der Waals surface area contributed by atoms with Crippen LogP contribution in [0.5, 0.6) is 0 Å². The summed E-state index contributed by atoms with van der Waals surface area (Å²) in [4.78, 5) is 12.4. The maximum absolute atomic E-state index is 12.4. The first-order chi connectivity index (χ1) is 9.72. The Balaban J connectivity index is 1.58. The third-order valence-corrected chi connectivity index (χ3v) is 5.55. The van der Waals surface area contributed by atoms with Gasteiger partial charge in [-0.3, -0.25) is 4.79 Å². The number of anilines is 1. The second-order valence-corrected chi connectivity index (χ2v) is 7.23. The maximum atomic E-state index is 12.4. The van der Waals surface area contributed by atoms with Crippen LogP contribution in [0.4, 0.5) is 5.69 Å². The lowest BCUT2D eigenvalue weighted by atomic mass is 9.67. The molecule has 3 unspecified atom stereocenters. The molecule has 0 saturated heterocycles. The highest BCUT2D eigenvalue weighted by Crippen LogP contribution is 2.42. The lowest BCUT2D eigenvalue weighted by Gasteiger charge is -2.38. The van der Waals surface area contributed by atoms with E-state index in [-0.39, 0.29) is 11.8 Å². The first-order valence-corrected chi connectivity index (χ1v) is 8.58. The maximum Gasteiger partial charge on any atom is 0.227 e. The van der Waals surface area contributed by atoms with Crippen LogP contribution in [-0.4, -0.2) is 5.91 Å². The number of benzene rings is 1. The Labute approximate surface area is 129 Å². The molecule has 0 bridgehead atoms. The van der Waals surface area contributed by atoms with Gasteiger partial charge in [-0.15, -0.1) is 0 Å². The molecule has 2 fully saturated rings. The first kappa shape index (κ1) is 14.1. The van der Waals surface area contributed by atoms with Crippen LogP contribution in [0.3, 0.4) is 0 Å². The predicted octanol–water partition coefficient (Wildman–Crippen LogP) is 4.99. The van der Waals surface area contributed by atoms with Crippen LogP contribution in [0.2, 0.25) is 0 Å². The van der Waals surface area contributed by atoms with Crippen molar-refractivity contribution >= 4 is 27.5 Å². The molecule has 3 rings (SSSR count). The van der Waals surface area contributed by atoms with Crippen LogP contribution in [-0.2, 0) is 4.79 Å². The quantitative estimate of drug-likeness (QED) is 0.809. The minimum atomic E-state index is 0.219. The molecule has 2 aliphatic rings. The zero-order valence-corrected chi connectivity index (χ0v) is 13.4. The molecule has 0 aromatic heterocycles. The predicted molar refractivity (Wildman–Crippen MR) is 85.6 cm³/mol. The van der Waals surface area contributed by atoms with E-state index in [1.165, 1.54) is 32.1 Å². The lowest BCUT2D eigenvalue weighted by molar-refractivity contribution is -0.122. The Hall–Kier alpha value is -0.830.